The molecular formula is C8H7BrINO2. The van der Waals surface area contributed by atoms with E-state index in [9.17, 15) is 4.79 Å². The van der Waals surface area contributed by atoms with Crippen molar-refractivity contribution in [3.8, 4) is 5.75 Å². The molecule has 1 aromatic carbocycles. The summed E-state index contributed by atoms with van der Waals surface area (Å²) in [5, 5.41) is 0. The Kier molecular flexibility index (Phi) is 3.55. The van der Waals surface area contributed by atoms with Gasteiger partial charge in [0.1, 0.15) is 5.75 Å². The Bertz CT molecular complexity index is 354. The monoisotopic (exact) mass is 355 g/mol. The van der Waals surface area contributed by atoms with Crippen LogP contribution >= 0.6 is 38.5 Å². The van der Waals surface area contributed by atoms with E-state index in [1.54, 1.807) is 19.2 Å². The Hall–Kier alpha value is -0.300. The maximum atomic E-state index is 10.9. The molecule has 13 heavy (non-hydrogen) atoms. The number of hydrogen-bond donors (Lipinski definition) is 1. The highest BCUT2D eigenvalue weighted by Crippen LogP contribution is 2.30. The van der Waals surface area contributed by atoms with Gasteiger partial charge < -0.3 is 10.5 Å². The first-order valence-electron chi connectivity index (χ1n) is 3.39. The third-order valence-electron chi connectivity index (χ3n) is 1.50. The second kappa shape index (κ2) is 4.28. The molecule has 5 heteroatoms. The summed E-state index contributed by atoms with van der Waals surface area (Å²) in [5.74, 6) is 0.157. The van der Waals surface area contributed by atoms with Crippen molar-refractivity contribution >= 4 is 44.4 Å². The number of ether oxygens (including phenoxy) is 1. The lowest BCUT2D eigenvalue weighted by atomic mass is 10.2. The molecule has 0 aromatic heterocycles. The third-order valence-corrected chi connectivity index (χ3v) is 3.91. The predicted octanol–water partition coefficient (Wildman–Crippen LogP) is 2.16. The van der Waals surface area contributed by atoms with Crippen LogP contribution in [0.3, 0.4) is 0 Å². The third kappa shape index (κ3) is 2.34. The highest BCUT2D eigenvalue weighted by Gasteiger charge is 2.09. The lowest BCUT2D eigenvalue weighted by Crippen LogP contribution is -2.11. The van der Waals surface area contributed by atoms with Crippen molar-refractivity contribution in [3.63, 3.8) is 0 Å². The van der Waals surface area contributed by atoms with Gasteiger partial charge in [-0.3, -0.25) is 4.79 Å². The fourth-order valence-electron chi connectivity index (χ4n) is 0.855. The number of nitrogens with two attached hydrogens (primary N) is 1. The molecule has 0 radical (unpaired) electrons. The summed E-state index contributed by atoms with van der Waals surface area (Å²) in [7, 11) is 1.54. The van der Waals surface area contributed by atoms with Crippen LogP contribution in [0.4, 0.5) is 0 Å². The Balaban J connectivity index is 3.30. The van der Waals surface area contributed by atoms with E-state index >= 15 is 0 Å². The van der Waals surface area contributed by atoms with Gasteiger partial charge in [0, 0.05) is 9.13 Å². The summed E-state index contributed by atoms with van der Waals surface area (Å²) < 4.78 is 6.79. The molecule has 1 aromatic rings. The summed E-state index contributed by atoms with van der Waals surface area (Å²) in [6.45, 7) is 0. The topological polar surface area (TPSA) is 52.3 Å². The van der Waals surface area contributed by atoms with Crippen LogP contribution in [0.1, 0.15) is 10.4 Å². The predicted molar refractivity (Wildman–Crippen MR) is 61.9 cm³/mol. The second-order valence-corrected chi connectivity index (χ2v) is 4.29. The molecule has 0 fully saturated rings. The van der Waals surface area contributed by atoms with Gasteiger partial charge in [0.25, 0.3) is 0 Å². The van der Waals surface area contributed by atoms with Gasteiger partial charge >= 0.3 is 0 Å². The van der Waals surface area contributed by atoms with Crippen LogP contribution in [0.15, 0.2) is 16.6 Å². The zero-order valence-corrected chi connectivity index (χ0v) is 10.5. The lowest BCUT2D eigenvalue weighted by molar-refractivity contribution is 0.1000. The fourth-order valence-corrected chi connectivity index (χ4v) is 1.85. The largest absolute Gasteiger partial charge is 0.496 e. The van der Waals surface area contributed by atoms with Crippen LogP contribution in [0.25, 0.3) is 0 Å². The zero-order valence-electron chi connectivity index (χ0n) is 6.80. The molecule has 3 nitrogen and oxygen atoms in total. The van der Waals surface area contributed by atoms with Crippen molar-refractivity contribution < 1.29 is 9.53 Å². The highest BCUT2D eigenvalue weighted by molar-refractivity contribution is 14.1. The Morgan fingerprint density at radius 2 is 2.23 bits per heavy atom. The Morgan fingerprint density at radius 3 is 2.69 bits per heavy atom. The molecule has 0 atom stereocenters. The molecule has 1 rings (SSSR count). The van der Waals surface area contributed by atoms with E-state index in [1.165, 1.54) is 0 Å². The van der Waals surface area contributed by atoms with Crippen molar-refractivity contribution in [2.75, 3.05) is 7.11 Å². The number of methoxy groups -OCH3 is 1. The van der Waals surface area contributed by atoms with Gasteiger partial charge in [0.2, 0.25) is 5.91 Å². The van der Waals surface area contributed by atoms with Crippen molar-refractivity contribution in [2.45, 2.75) is 0 Å². The molecule has 0 saturated heterocycles. The van der Waals surface area contributed by atoms with Crippen LogP contribution < -0.4 is 10.5 Å². The van der Waals surface area contributed by atoms with Crippen LogP contribution in [0.5, 0.6) is 5.75 Å². The minimum Gasteiger partial charge on any atom is -0.496 e. The van der Waals surface area contributed by atoms with E-state index in [2.05, 4.69) is 38.5 Å². The fraction of sp³-hybridized carbons (Fsp3) is 0.125. The van der Waals surface area contributed by atoms with E-state index in [0.717, 1.165) is 8.04 Å². The first-order valence-corrected chi connectivity index (χ1v) is 5.26. The molecule has 0 saturated carbocycles. The standard InChI is InChI=1S/C8H7BrINO2/c1-13-6-3-4(8(11)12)2-5(10)7(6)9/h2-3H,1H3,(H2,11,12). The SMILES string of the molecule is COc1cc(C(N)=O)cc(I)c1Br. The second-order valence-electron chi connectivity index (χ2n) is 2.34. The molecule has 0 unspecified atom stereocenters. The van der Waals surface area contributed by atoms with Gasteiger partial charge in [-0.2, -0.15) is 0 Å². The summed E-state index contributed by atoms with van der Waals surface area (Å²) in [5.41, 5.74) is 5.59. The maximum absolute atomic E-state index is 10.9. The maximum Gasteiger partial charge on any atom is 0.248 e. The first-order chi connectivity index (χ1) is 6.06. The first kappa shape index (κ1) is 10.8. The number of halogens is 2. The Labute approximate surface area is 97.9 Å². The van der Waals surface area contributed by atoms with Crippen molar-refractivity contribution in [3.05, 3.63) is 25.7 Å². The molecule has 2 N–H and O–H groups in total. The molecule has 70 valence electrons. The van der Waals surface area contributed by atoms with E-state index < -0.39 is 5.91 Å². The van der Waals surface area contributed by atoms with Crippen molar-refractivity contribution in [2.24, 2.45) is 5.73 Å². The van der Waals surface area contributed by atoms with Gasteiger partial charge in [0.05, 0.1) is 11.6 Å². The van der Waals surface area contributed by atoms with E-state index in [0.29, 0.717) is 11.3 Å². The van der Waals surface area contributed by atoms with Crippen LogP contribution in [-0.4, -0.2) is 13.0 Å². The number of carbonyl (C=O) groups is 1. The van der Waals surface area contributed by atoms with Crippen molar-refractivity contribution in [1.82, 2.24) is 0 Å². The molecule has 0 aliphatic rings. The van der Waals surface area contributed by atoms with E-state index in [1.807, 2.05) is 0 Å². The zero-order chi connectivity index (χ0) is 10.0. The Morgan fingerprint density at radius 1 is 1.62 bits per heavy atom. The molecule has 0 aliphatic heterocycles. The molecular weight excluding hydrogens is 349 g/mol. The van der Waals surface area contributed by atoms with Gasteiger partial charge in [-0.25, -0.2) is 0 Å². The summed E-state index contributed by atoms with van der Waals surface area (Å²) in [4.78, 5) is 10.9. The van der Waals surface area contributed by atoms with E-state index in [4.69, 9.17) is 10.5 Å². The lowest BCUT2D eigenvalue weighted by Gasteiger charge is -2.06. The van der Waals surface area contributed by atoms with Crippen LogP contribution in [0, 0.1) is 3.57 Å². The minimum absolute atomic E-state index is 0.449. The normalized spacial score (nSPS) is 9.77. The molecule has 1 amide bonds. The molecule has 0 bridgehead atoms. The number of amides is 1. The number of benzene rings is 1. The highest BCUT2D eigenvalue weighted by atomic mass is 127. The van der Waals surface area contributed by atoms with Crippen molar-refractivity contribution in [1.29, 1.82) is 0 Å². The van der Waals surface area contributed by atoms with Crippen LogP contribution in [0.2, 0.25) is 0 Å². The van der Waals surface area contributed by atoms with E-state index in [-0.39, 0.29) is 0 Å². The number of carbonyl (C=O) groups excluding carboxylic acids is 1. The number of rotatable bonds is 2. The quantitative estimate of drug-likeness (QED) is 0.826. The van der Waals surface area contributed by atoms with Gasteiger partial charge in [-0.1, -0.05) is 0 Å². The van der Waals surface area contributed by atoms with Gasteiger partial charge in [-0.15, -0.1) is 0 Å². The smallest absolute Gasteiger partial charge is 0.248 e. The number of hydrogen-bond acceptors (Lipinski definition) is 2. The number of primary amides is 1. The average molecular weight is 356 g/mol. The van der Waals surface area contributed by atoms with Crippen LogP contribution in [-0.2, 0) is 0 Å². The summed E-state index contributed by atoms with van der Waals surface area (Å²) in [6, 6.07) is 3.31. The van der Waals surface area contributed by atoms with Gasteiger partial charge in [-0.05, 0) is 50.7 Å². The minimum atomic E-state index is -0.455. The van der Waals surface area contributed by atoms with Gasteiger partial charge in [0.15, 0.2) is 0 Å². The molecule has 0 aliphatic carbocycles. The molecule has 0 spiro atoms. The summed E-state index contributed by atoms with van der Waals surface area (Å²) >= 11 is 5.44. The summed E-state index contributed by atoms with van der Waals surface area (Å²) in [6.07, 6.45) is 0. The molecule has 0 heterocycles. The average Bonchev–Trinajstić information content (AvgIpc) is 2.09.